The summed E-state index contributed by atoms with van der Waals surface area (Å²) in [6, 6.07) is 4.52. The SMILES string of the molecule is CSC[C@@](C)(O)CNS(=O)(=O)c1ccc(F)cc1. The lowest BCUT2D eigenvalue weighted by atomic mass is 10.1. The molecule has 1 rings (SSSR count). The van der Waals surface area contributed by atoms with Crippen LogP contribution in [0, 0.1) is 5.82 Å². The number of aliphatic hydroxyl groups is 1. The molecule has 0 aliphatic carbocycles. The third kappa shape index (κ3) is 4.56. The highest BCUT2D eigenvalue weighted by Crippen LogP contribution is 2.13. The van der Waals surface area contributed by atoms with E-state index in [1.54, 1.807) is 6.92 Å². The van der Waals surface area contributed by atoms with E-state index in [4.69, 9.17) is 0 Å². The highest BCUT2D eigenvalue weighted by Gasteiger charge is 2.23. The van der Waals surface area contributed by atoms with Crippen molar-refractivity contribution < 1.29 is 17.9 Å². The molecule has 0 saturated carbocycles. The number of nitrogens with one attached hydrogen (secondary N) is 1. The zero-order valence-electron chi connectivity index (χ0n) is 10.2. The number of halogens is 1. The van der Waals surface area contributed by atoms with Gasteiger partial charge in [-0.15, -0.1) is 0 Å². The lowest BCUT2D eigenvalue weighted by Gasteiger charge is -2.22. The molecule has 0 unspecified atom stereocenters. The molecule has 1 aromatic rings. The van der Waals surface area contributed by atoms with Crippen LogP contribution in [0.2, 0.25) is 0 Å². The standard InChI is InChI=1S/C11H16FNO3S2/c1-11(14,8-17-2)7-13-18(15,16)10-5-3-9(12)4-6-10/h3-6,13-14H,7-8H2,1-2H3/t11-/m0/s1. The van der Waals surface area contributed by atoms with Gasteiger partial charge in [0.2, 0.25) is 10.0 Å². The predicted molar refractivity (Wildman–Crippen MR) is 70.6 cm³/mol. The summed E-state index contributed by atoms with van der Waals surface area (Å²) in [5.41, 5.74) is -1.12. The first-order chi connectivity index (χ1) is 8.27. The van der Waals surface area contributed by atoms with Gasteiger partial charge in [0.25, 0.3) is 0 Å². The molecule has 0 aliphatic heterocycles. The molecule has 7 heteroatoms. The van der Waals surface area contributed by atoms with Gasteiger partial charge in [-0.25, -0.2) is 17.5 Å². The van der Waals surface area contributed by atoms with Crippen molar-refractivity contribution in [2.24, 2.45) is 0 Å². The maximum absolute atomic E-state index is 12.7. The molecule has 2 N–H and O–H groups in total. The summed E-state index contributed by atoms with van der Waals surface area (Å²) in [5.74, 6) is -0.0813. The molecule has 0 spiro atoms. The van der Waals surface area contributed by atoms with Crippen molar-refractivity contribution in [1.82, 2.24) is 4.72 Å². The molecule has 4 nitrogen and oxygen atoms in total. The van der Waals surface area contributed by atoms with Crippen molar-refractivity contribution in [3.05, 3.63) is 30.1 Å². The Morgan fingerprint density at radius 2 is 1.94 bits per heavy atom. The minimum absolute atomic E-state index is 0.0242. The second kappa shape index (κ2) is 6.01. The number of rotatable bonds is 6. The van der Waals surface area contributed by atoms with Gasteiger partial charge >= 0.3 is 0 Å². The molecule has 102 valence electrons. The lowest BCUT2D eigenvalue weighted by molar-refractivity contribution is 0.0908. The first kappa shape index (κ1) is 15.4. The largest absolute Gasteiger partial charge is 0.388 e. The topological polar surface area (TPSA) is 66.4 Å². The normalized spacial score (nSPS) is 15.3. The third-order valence-electron chi connectivity index (χ3n) is 2.22. The van der Waals surface area contributed by atoms with Crippen molar-refractivity contribution in [2.75, 3.05) is 18.6 Å². The van der Waals surface area contributed by atoms with Gasteiger partial charge in [-0.2, -0.15) is 11.8 Å². The van der Waals surface area contributed by atoms with Crippen LogP contribution in [0.15, 0.2) is 29.2 Å². The maximum Gasteiger partial charge on any atom is 0.240 e. The number of thioether (sulfide) groups is 1. The molecule has 0 radical (unpaired) electrons. The van der Waals surface area contributed by atoms with E-state index < -0.39 is 21.4 Å². The molecule has 18 heavy (non-hydrogen) atoms. The van der Waals surface area contributed by atoms with Crippen LogP contribution in [0.1, 0.15) is 6.92 Å². The molecule has 1 aromatic carbocycles. The summed E-state index contributed by atoms with van der Waals surface area (Å²) in [7, 11) is -3.71. The van der Waals surface area contributed by atoms with Gasteiger partial charge in [-0.3, -0.25) is 0 Å². The van der Waals surface area contributed by atoms with E-state index >= 15 is 0 Å². The van der Waals surface area contributed by atoms with Gasteiger partial charge in [0.15, 0.2) is 0 Å². The van der Waals surface area contributed by atoms with Crippen molar-refractivity contribution in [3.8, 4) is 0 Å². The molecule has 1 atom stereocenters. The quantitative estimate of drug-likeness (QED) is 0.827. The van der Waals surface area contributed by atoms with Crippen LogP contribution >= 0.6 is 11.8 Å². The van der Waals surface area contributed by atoms with Crippen molar-refractivity contribution in [1.29, 1.82) is 0 Å². The van der Waals surface area contributed by atoms with Crippen molar-refractivity contribution in [3.63, 3.8) is 0 Å². The molecule has 0 fully saturated rings. The summed E-state index contributed by atoms with van der Waals surface area (Å²) < 4.78 is 38.7. The first-order valence-corrected chi connectivity index (χ1v) is 8.11. The van der Waals surface area contributed by atoms with Crippen LogP contribution in [-0.4, -0.2) is 37.7 Å². The smallest absolute Gasteiger partial charge is 0.240 e. The molecule has 0 saturated heterocycles. The minimum Gasteiger partial charge on any atom is -0.388 e. The van der Waals surface area contributed by atoms with E-state index in [9.17, 15) is 17.9 Å². The van der Waals surface area contributed by atoms with Crippen LogP contribution in [0.5, 0.6) is 0 Å². The average molecular weight is 293 g/mol. The zero-order chi connectivity index (χ0) is 13.8. The van der Waals surface area contributed by atoms with E-state index in [2.05, 4.69) is 4.72 Å². The van der Waals surface area contributed by atoms with Gasteiger partial charge in [-0.05, 0) is 37.4 Å². The molecule has 0 amide bonds. The van der Waals surface area contributed by atoms with Crippen molar-refractivity contribution in [2.45, 2.75) is 17.4 Å². The third-order valence-corrected chi connectivity index (χ3v) is 4.55. The van der Waals surface area contributed by atoms with E-state index in [0.717, 1.165) is 12.1 Å². The Kier molecular flexibility index (Phi) is 5.15. The fourth-order valence-corrected chi connectivity index (χ4v) is 3.20. The van der Waals surface area contributed by atoms with E-state index in [1.807, 2.05) is 6.26 Å². The van der Waals surface area contributed by atoms with Crippen LogP contribution in [0.3, 0.4) is 0 Å². The van der Waals surface area contributed by atoms with Gasteiger partial charge in [0.05, 0.1) is 10.5 Å². The van der Waals surface area contributed by atoms with Gasteiger partial charge in [0, 0.05) is 12.3 Å². The van der Waals surface area contributed by atoms with Gasteiger partial charge in [-0.1, -0.05) is 0 Å². The van der Waals surface area contributed by atoms with E-state index in [-0.39, 0.29) is 11.4 Å². The predicted octanol–water partition coefficient (Wildman–Crippen LogP) is 1.22. The number of benzene rings is 1. The molecule has 0 heterocycles. The fraction of sp³-hybridized carbons (Fsp3) is 0.455. The van der Waals surface area contributed by atoms with Gasteiger partial charge in [0.1, 0.15) is 5.82 Å². The number of hydrogen-bond acceptors (Lipinski definition) is 4. The lowest BCUT2D eigenvalue weighted by Crippen LogP contribution is -2.42. The highest BCUT2D eigenvalue weighted by molar-refractivity contribution is 7.98. The summed E-state index contributed by atoms with van der Waals surface area (Å²) in [6.45, 7) is 1.46. The Balaban J connectivity index is 2.74. The Labute approximate surface area is 111 Å². The number of sulfonamides is 1. The molecule has 0 bridgehead atoms. The second-order valence-electron chi connectivity index (χ2n) is 4.21. The Morgan fingerprint density at radius 3 is 2.44 bits per heavy atom. The average Bonchev–Trinajstić information content (AvgIpc) is 2.27. The fourth-order valence-electron chi connectivity index (χ4n) is 1.31. The maximum atomic E-state index is 12.7. The molecular formula is C11H16FNO3S2. The first-order valence-electron chi connectivity index (χ1n) is 5.23. The summed E-state index contributed by atoms with van der Waals surface area (Å²) >= 11 is 1.42. The summed E-state index contributed by atoms with van der Waals surface area (Å²) in [5, 5.41) is 9.86. The summed E-state index contributed by atoms with van der Waals surface area (Å²) in [6.07, 6.45) is 1.82. The molecular weight excluding hydrogens is 277 g/mol. The Bertz CT molecular complexity index is 486. The Hall–Kier alpha value is -0.630. The van der Waals surface area contributed by atoms with Crippen molar-refractivity contribution >= 4 is 21.8 Å². The minimum atomic E-state index is -3.71. The summed E-state index contributed by atoms with van der Waals surface area (Å²) in [4.78, 5) is -0.0242. The Morgan fingerprint density at radius 1 is 1.39 bits per heavy atom. The van der Waals surface area contributed by atoms with Crippen LogP contribution in [0.25, 0.3) is 0 Å². The highest BCUT2D eigenvalue weighted by atomic mass is 32.2. The second-order valence-corrected chi connectivity index (χ2v) is 6.84. The monoisotopic (exact) mass is 293 g/mol. The van der Waals surface area contributed by atoms with Crippen LogP contribution < -0.4 is 4.72 Å². The van der Waals surface area contributed by atoms with E-state index in [0.29, 0.717) is 5.75 Å². The molecule has 0 aliphatic rings. The zero-order valence-corrected chi connectivity index (χ0v) is 11.8. The van der Waals surface area contributed by atoms with Crippen LogP contribution in [-0.2, 0) is 10.0 Å². The number of hydrogen-bond donors (Lipinski definition) is 2. The molecule has 0 aromatic heterocycles. The van der Waals surface area contributed by atoms with Gasteiger partial charge < -0.3 is 5.11 Å². The van der Waals surface area contributed by atoms with E-state index in [1.165, 1.54) is 23.9 Å². The van der Waals surface area contributed by atoms with Crippen LogP contribution in [0.4, 0.5) is 4.39 Å².